The molecule has 0 rings (SSSR count). The van der Waals surface area contributed by atoms with Gasteiger partial charge in [-0.15, -0.1) is 11.6 Å². The maximum atomic E-state index is 5.52. The summed E-state index contributed by atoms with van der Waals surface area (Å²) in [5.41, 5.74) is 0. The van der Waals surface area contributed by atoms with Gasteiger partial charge in [-0.05, 0) is 19.1 Å². The molecule has 0 radical (unpaired) electrons. The molecule has 0 heterocycles. The summed E-state index contributed by atoms with van der Waals surface area (Å²) in [6.07, 6.45) is 2.30. The molecule has 1 N–H and O–H groups in total. The van der Waals surface area contributed by atoms with E-state index in [0.29, 0.717) is 0 Å². The van der Waals surface area contributed by atoms with Gasteiger partial charge < -0.3 is 5.32 Å². The Labute approximate surface area is 70.2 Å². The standard InChI is InChI=1S/C7H18ClNSi/c1-10(2,3)7-9-6-4-5-8/h9H,4-7H2,1-3H3. The van der Waals surface area contributed by atoms with Crippen molar-refractivity contribution in [3.63, 3.8) is 0 Å². The first-order chi connectivity index (χ1) is 4.56. The van der Waals surface area contributed by atoms with Gasteiger partial charge in [-0.1, -0.05) is 19.6 Å². The van der Waals surface area contributed by atoms with E-state index in [1.54, 1.807) is 0 Å². The van der Waals surface area contributed by atoms with Crippen LogP contribution in [0.2, 0.25) is 19.6 Å². The van der Waals surface area contributed by atoms with E-state index in [0.717, 1.165) is 18.8 Å². The molecule has 62 valence electrons. The van der Waals surface area contributed by atoms with Gasteiger partial charge in [0, 0.05) is 5.88 Å². The van der Waals surface area contributed by atoms with Gasteiger partial charge >= 0.3 is 0 Å². The molecule has 0 fully saturated rings. The van der Waals surface area contributed by atoms with Crippen LogP contribution in [-0.2, 0) is 0 Å². The molecule has 0 aromatic heterocycles. The van der Waals surface area contributed by atoms with Crippen LogP contribution >= 0.6 is 11.6 Å². The van der Waals surface area contributed by atoms with Crippen LogP contribution in [0.15, 0.2) is 0 Å². The molecule has 0 aliphatic carbocycles. The molecule has 0 aliphatic heterocycles. The molecule has 0 aromatic carbocycles. The maximum absolute atomic E-state index is 5.52. The van der Waals surface area contributed by atoms with E-state index >= 15 is 0 Å². The van der Waals surface area contributed by atoms with E-state index in [1.165, 1.54) is 6.17 Å². The normalized spacial score (nSPS) is 12.0. The van der Waals surface area contributed by atoms with Gasteiger partial charge in [0.15, 0.2) is 0 Å². The lowest BCUT2D eigenvalue weighted by Crippen LogP contribution is -2.37. The molecule has 3 heteroatoms. The minimum absolute atomic E-state index is 0.776. The Hall–Kier alpha value is 0.467. The second-order valence-corrected chi connectivity index (χ2v) is 9.63. The molecule has 0 aliphatic rings. The van der Waals surface area contributed by atoms with Crippen LogP contribution in [0, 0.1) is 0 Å². The molecule has 0 saturated heterocycles. The van der Waals surface area contributed by atoms with Crippen molar-refractivity contribution in [3.05, 3.63) is 0 Å². The number of nitrogens with one attached hydrogen (secondary N) is 1. The van der Waals surface area contributed by atoms with Crippen LogP contribution in [0.3, 0.4) is 0 Å². The third-order valence-electron chi connectivity index (χ3n) is 1.14. The van der Waals surface area contributed by atoms with Crippen molar-refractivity contribution < 1.29 is 0 Å². The lowest BCUT2D eigenvalue weighted by Gasteiger charge is -2.15. The average Bonchev–Trinajstić information content (AvgIpc) is 1.78. The van der Waals surface area contributed by atoms with Gasteiger partial charge in [-0.25, -0.2) is 0 Å². The molecule has 0 bridgehead atoms. The zero-order chi connectivity index (χ0) is 8.04. The first-order valence-electron chi connectivity index (χ1n) is 3.83. The summed E-state index contributed by atoms with van der Waals surface area (Å²) >= 11 is 5.52. The lowest BCUT2D eigenvalue weighted by molar-refractivity contribution is 0.745. The first-order valence-corrected chi connectivity index (χ1v) is 8.07. The number of alkyl halides is 1. The monoisotopic (exact) mass is 179 g/mol. The van der Waals surface area contributed by atoms with Gasteiger partial charge in [0.25, 0.3) is 0 Å². The number of rotatable bonds is 5. The van der Waals surface area contributed by atoms with Gasteiger partial charge in [0.2, 0.25) is 0 Å². The van der Waals surface area contributed by atoms with Crippen LogP contribution in [0.25, 0.3) is 0 Å². The molecular formula is C7H18ClNSi. The Balaban J connectivity index is 3.04. The summed E-state index contributed by atoms with van der Waals surface area (Å²) in [5.74, 6) is 0.776. The van der Waals surface area contributed by atoms with Gasteiger partial charge in [-0.2, -0.15) is 0 Å². The molecule has 10 heavy (non-hydrogen) atoms. The largest absolute Gasteiger partial charge is 0.319 e. The fourth-order valence-corrected chi connectivity index (χ4v) is 1.72. The Morgan fingerprint density at radius 3 is 2.30 bits per heavy atom. The van der Waals surface area contributed by atoms with Crippen molar-refractivity contribution in [2.24, 2.45) is 0 Å². The van der Waals surface area contributed by atoms with E-state index in [-0.39, 0.29) is 0 Å². The predicted octanol–water partition coefficient (Wildman–Crippen LogP) is 2.08. The Bertz CT molecular complexity index is 80.2. The summed E-state index contributed by atoms with van der Waals surface area (Å²) in [5, 5.41) is 3.40. The second-order valence-electron chi connectivity index (χ2n) is 3.78. The van der Waals surface area contributed by atoms with E-state index in [4.69, 9.17) is 11.6 Å². The lowest BCUT2D eigenvalue weighted by atomic mass is 10.5. The zero-order valence-corrected chi connectivity index (χ0v) is 8.96. The molecule has 0 atom stereocenters. The minimum atomic E-state index is -0.861. The highest BCUT2D eigenvalue weighted by atomic mass is 35.5. The van der Waals surface area contributed by atoms with Gasteiger partial charge in [0.05, 0.1) is 8.07 Å². The molecule has 0 unspecified atom stereocenters. The van der Waals surface area contributed by atoms with Crippen molar-refractivity contribution in [2.45, 2.75) is 26.1 Å². The molecule has 0 spiro atoms. The van der Waals surface area contributed by atoms with Crippen molar-refractivity contribution >= 4 is 19.7 Å². The Morgan fingerprint density at radius 2 is 1.90 bits per heavy atom. The van der Waals surface area contributed by atoms with Crippen LogP contribution in [0.5, 0.6) is 0 Å². The van der Waals surface area contributed by atoms with E-state index < -0.39 is 8.07 Å². The van der Waals surface area contributed by atoms with Crippen LogP contribution in [-0.4, -0.2) is 26.7 Å². The third-order valence-corrected chi connectivity index (χ3v) is 2.72. The number of hydrogen-bond donors (Lipinski definition) is 1. The van der Waals surface area contributed by atoms with Crippen molar-refractivity contribution in [3.8, 4) is 0 Å². The van der Waals surface area contributed by atoms with Gasteiger partial charge in [-0.3, -0.25) is 0 Å². The van der Waals surface area contributed by atoms with Crippen LogP contribution < -0.4 is 5.32 Å². The second kappa shape index (κ2) is 5.16. The maximum Gasteiger partial charge on any atom is 0.0595 e. The molecule has 0 aromatic rings. The van der Waals surface area contributed by atoms with Crippen molar-refractivity contribution in [2.75, 3.05) is 18.6 Å². The summed E-state index contributed by atoms with van der Waals surface area (Å²) in [6, 6.07) is 0. The van der Waals surface area contributed by atoms with Crippen LogP contribution in [0.1, 0.15) is 6.42 Å². The highest BCUT2D eigenvalue weighted by molar-refractivity contribution is 6.76. The highest BCUT2D eigenvalue weighted by Gasteiger charge is 2.10. The quantitative estimate of drug-likeness (QED) is 0.387. The van der Waals surface area contributed by atoms with E-state index in [2.05, 4.69) is 25.0 Å². The van der Waals surface area contributed by atoms with E-state index in [1.807, 2.05) is 0 Å². The van der Waals surface area contributed by atoms with Crippen molar-refractivity contribution in [1.82, 2.24) is 5.32 Å². The molecule has 0 saturated carbocycles. The smallest absolute Gasteiger partial charge is 0.0595 e. The minimum Gasteiger partial charge on any atom is -0.319 e. The predicted molar refractivity (Wildman–Crippen MR) is 51.6 cm³/mol. The number of halogens is 1. The Morgan fingerprint density at radius 1 is 1.30 bits per heavy atom. The topological polar surface area (TPSA) is 12.0 Å². The zero-order valence-electron chi connectivity index (χ0n) is 7.21. The SMILES string of the molecule is C[Si](C)(C)CNCCCCl. The third kappa shape index (κ3) is 8.47. The van der Waals surface area contributed by atoms with Crippen LogP contribution in [0.4, 0.5) is 0 Å². The summed E-state index contributed by atoms with van der Waals surface area (Å²) in [7, 11) is -0.861. The fraction of sp³-hybridized carbons (Fsp3) is 1.00. The molecule has 0 amide bonds. The molecule has 1 nitrogen and oxygen atoms in total. The molecular weight excluding hydrogens is 162 g/mol. The average molecular weight is 180 g/mol. The highest BCUT2D eigenvalue weighted by Crippen LogP contribution is 1.96. The fourth-order valence-electron chi connectivity index (χ4n) is 0.655. The number of hydrogen-bond acceptors (Lipinski definition) is 1. The summed E-state index contributed by atoms with van der Waals surface area (Å²) in [6.45, 7) is 8.16. The first kappa shape index (κ1) is 10.5. The summed E-state index contributed by atoms with van der Waals surface area (Å²) in [4.78, 5) is 0. The summed E-state index contributed by atoms with van der Waals surface area (Å²) < 4.78 is 0. The van der Waals surface area contributed by atoms with Crippen molar-refractivity contribution in [1.29, 1.82) is 0 Å². The van der Waals surface area contributed by atoms with Gasteiger partial charge in [0.1, 0.15) is 0 Å². The van der Waals surface area contributed by atoms with E-state index in [9.17, 15) is 0 Å². The Kier molecular flexibility index (Phi) is 5.40.